The molecular weight excluding hydrogens is 356 g/mol. The Kier molecular flexibility index (Phi) is 5.18. The summed E-state index contributed by atoms with van der Waals surface area (Å²) < 4.78 is 0. The predicted octanol–water partition coefficient (Wildman–Crippen LogP) is 2.69. The van der Waals surface area contributed by atoms with Gasteiger partial charge in [0.2, 0.25) is 17.7 Å². The SMILES string of the molecule is CC(=O)Nc1ccc(N2C[C@H](C(=O)Nc3ccc(Cl)cn3)CC2=O)cc1. The third-order valence-corrected chi connectivity index (χ3v) is 4.20. The number of hydrogen-bond donors (Lipinski definition) is 2. The zero-order valence-corrected chi connectivity index (χ0v) is 14.8. The summed E-state index contributed by atoms with van der Waals surface area (Å²) in [7, 11) is 0. The number of pyridine rings is 1. The maximum absolute atomic E-state index is 12.4. The number of anilines is 3. The molecule has 0 bridgehead atoms. The highest BCUT2D eigenvalue weighted by Gasteiger charge is 2.35. The van der Waals surface area contributed by atoms with Crippen molar-refractivity contribution in [2.45, 2.75) is 13.3 Å². The standard InChI is InChI=1S/C18H17ClN4O3/c1-11(24)21-14-3-5-15(6-4-14)23-10-12(8-17(23)25)18(26)22-16-7-2-13(19)9-20-16/h2-7,9,12H,8,10H2,1H3,(H,21,24)(H,20,22,26)/t12-/m1/s1. The van der Waals surface area contributed by atoms with Crippen LogP contribution in [0.2, 0.25) is 5.02 Å². The van der Waals surface area contributed by atoms with Crippen LogP contribution in [0.3, 0.4) is 0 Å². The van der Waals surface area contributed by atoms with E-state index < -0.39 is 5.92 Å². The van der Waals surface area contributed by atoms with E-state index in [1.165, 1.54) is 13.1 Å². The van der Waals surface area contributed by atoms with Crippen molar-refractivity contribution in [1.29, 1.82) is 0 Å². The number of hydrogen-bond acceptors (Lipinski definition) is 4. The van der Waals surface area contributed by atoms with Crippen LogP contribution in [0.15, 0.2) is 42.6 Å². The van der Waals surface area contributed by atoms with Gasteiger partial charge in [-0.3, -0.25) is 14.4 Å². The number of carbonyl (C=O) groups is 3. The summed E-state index contributed by atoms with van der Waals surface area (Å²) in [4.78, 5) is 41.3. The van der Waals surface area contributed by atoms with Gasteiger partial charge in [-0.05, 0) is 36.4 Å². The van der Waals surface area contributed by atoms with Crippen LogP contribution in [0, 0.1) is 5.92 Å². The molecule has 1 saturated heterocycles. The normalized spacial score (nSPS) is 16.5. The molecule has 2 aromatic rings. The molecule has 134 valence electrons. The molecule has 7 nitrogen and oxygen atoms in total. The van der Waals surface area contributed by atoms with E-state index >= 15 is 0 Å². The molecule has 0 radical (unpaired) electrons. The largest absolute Gasteiger partial charge is 0.326 e. The highest BCUT2D eigenvalue weighted by atomic mass is 35.5. The fourth-order valence-corrected chi connectivity index (χ4v) is 2.85. The lowest BCUT2D eigenvalue weighted by Crippen LogP contribution is -2.28. The van der Waals surface area contributed by atoms with E-state index in [2.05, 4.69) is 15.6 Å². The molecule has 1 atom stereocenters. The van der Waals surface area contributed by atoms with Gasteiger partial charge in [-0.1, -0.05) is 11.6 Å². The minimum atomic E-state index is -0.463. The average molecular weight is 373 g/mol. The van der Waals surface area contributed by atoms with Crippen molar-refractivity contribution in [3.8, 4) is 0 Å². The lowest BCUT2D eigenvalue weighted by molar-refractivity contribution is -0.122. The Hall–Kier alpha value is -2.93. The van der Waals surface area contributed by atoms with E-state index in [1.54, 1.807) is 41.3 Å². The summed E-state index contributed by atoms with van der Waals surface area (Å²) in [6, 6.07) is 10.2. The third kappa shape index (κ3) is 4.18. The van der Waals surface area contributed by atoms with Gasteiger partial charge >= 0.3 is 0 Å². The first-order chi connectivity index (χ1) is 12.4. The number of carbonyl (C=O) groups excluding carboxylic acids is 3. The lowest BCUT2D eigenvalue weighted by atomic mass is 10.1. The molecule has 1 aliphatic heterocycles. The first-order valence-electron chi connectivity index (χ1n) is 8.03. The van der Waals surface area contributed by atoms with Gasteiger partial charge in [-0.25, -0.2) is 4.98 Å². The second-order valence-corrected chi connectivity index (χ2v) is 6.42. The molecule has 1 aromatic carbocycles. The van der Waals surface area contributed by atoms with Crippen molar-refractivity contribution < 1.29 is 14.4 Å². The quantitative estimate of drug-likeness (QED) is 0.863. The first kappa shape index (κ1) is 17.9. The summed E-state index contributed by atoms with van der Waals surface area (Å²) in [6.07, 6.45) is 1.58. The van der Waals surface area contributed by atoms with Crippen molar-refractivity contribution >= 4 is 46.5 Å². The molecule has 2 N–H and O–H groups in total. The molecule has 3 rings (SSSR count). The molecule has 0 spiro atoms. The molecule has 1 fully saturated rings. The van der Waals surface area contributed by atoms with Crippen LogP contribution < -0.4 is 15.5 Å². The number of amides is 3. The van der Waals surface area contributed by atoms with Gasteiger partial charge in [-0.15, -0.1) is 0 Å². The second kappa shape index (κ2) is 7.53. The van der Waals surface area contributed by atoms with E-state index in [0.717, 1.165) is 0 Å². The van der Waals surface area contributed by atoms with Crippen LogP contribution in [0.5, 0.6) is 0 Å². The summed E-state index contributed by atoms with van der Waals surface area (Å²) in [5.74, 6) is -0.616. The maximum Gasteiger partial charge on any atom is 0.230 e. The van der Waals surface area contributed by atoms with Crippen LogP contribution in [0.1, 0.15) is 13.3 Å². The summed E-state index contributed by atoms with van der Waals surface area (Å²) in [6.45, 7) is 1.72. The molecule has 3 amide bonds. The number of halogens is 1. The van der Waals surface area contributed by atoms with Crippen LogP contribution in [0.25, 0.3) is 0 Å². The third-order valence-electron chi connectivity index (χ3n) is 3.97. The second-order valence-electron chi connectivity index (χ2n) is 5.98. The molecule has 1 aromatic heterocycles. The van der Waals surface area contributed by atoms with E-state index in [4.69, 9.17) is 11.6 Å². The molecule has 0 unspecified atom stereocenters. The minimum Gasteiger partial charge on any atom is -0.326 e. The molecule has 8 heteroatoms. The summed E-state index contributed by atoms with van der Waals surface area (Å²) in [5, 5.41) is 5.85. The topological polar surface area (TPSA) is 91.4 Å². The lowest BCUT2D eigenvalue weighted by Gasteiger charge is -2.17. The van der Waals surface area contributed by atoms with Gasteiger partial charge in [0.05, 0.1) is 10.9 Å². The van der Waals surface area contributed by atoms with E-state index in [1.807, 2.05) is 0 Å². The molecule has 2 heterocycles. The van der Waals surface area contributed by atoms with E-state index in [9.17, 15) is 14.4 Å². The van der Waals surface area contributed by atoms with Crippen LogP contribution in [-0.4, -0.2) is 29.3 Å². The van der Waals surface area contributed by atoms with Gasteiger partial charge in [-0.2, -0.15) is 0 Å². The van der Waals surface area contributed by atoms with Gasteiger partial charge in [0, 0.05) is 37.5 Å². The molecular formula is C18H17ClN4O3. The smallest absolute Gasteiger partial charge is 0.230 e. The van der Waals surface area contributed by atoms with E-state index in [0.29, 0.717) is 22.2 Å². The average Bonchev–Trinajstić information content (AvgIpc) is 2.99. The zero-order valence-electron chi connectivity index (χ0n) is 14.0. The highest BCUT2D eigenvalue weighted by molar-refractivity contribution is 6.30. The van der Waals surface area contributed by atoms with Crippen molar-refractivity contribution in [3.63, 3.8) is 0 Å². The Balaban J connectivity index is 1.65. The Bertz CT molecular complexity index is 837. The van der Waals surface area contributed by atoms with Crippen molar-refractivity contribution in [3.05, 3.63) is 47.6 Å². The molecule has 1 aliphatic rings. The fourth-order valence-electron chi connectivity index (χ4n) is 2.74. The Morgan fingerprint density at radius 3 is 2.50 bits per heavy atom. The van der Waals surface area contributed by atoms with Gasteiger partial charge < -0.3 is 15.5 Å². The maximum atomic E-state index is 12.4. The number of aromatic nitrogens is 1. The monoisotopic (exact) mass is 372 g/mol. The number of nitrogens with zero attached hydrogens (tertiary/aromatic N) is 2. The molecule has 26 heavy (non-hydrogen) atoms. The van der Waals surface area contributed by atoms with Crippen LogP contribution in [-0.2, 0) is 14.4 Å². The van der Waals surface area contributed by atoms with Gasteiger partial charge in [0.1, 0.15) is 5.82 Å². The highest BCUT2D eigenvalue weighted by Crippen LogP contribution is 2.27. The van der Waals surface area contributed by atoms with Crippen molar-refractivity contribution in [2.75, 3.05) is 22.1 Å². The minimum absolute atomic E-state index is 0.124. The van der Waals surface area contributed by atoms with Gasteiger partial charge in [0.15, 0.2) is 0 Å². The Labute approximate surface area is 155 Å². The summed E-state index contributed by atoms with van der Waals surface area (Å²) in [5.41, 5.74) is 1.33. The number of rotatable bonds is 4. The van der Waals surface area contributed by atoms with Gasteiger partial charge in [0.25, 0.3) is 0 Å². The predicted molar refractivity (Wildman–Crippen MR) is 99.1 cm³/mol. The first-order valence-corrected chi connectivity index (χ1v) is 8.40. The van der Waals surface area contributed by atoms with Crippen molar-refractivity contribution in [2.24, 2.45) is 5.92 Å². The number of nitrogens with one attached hydrogen (secondary N) is 2. The van der Waals surface area contributed by atoms with Crippen LogP contribution in [0.4, 0.5) is 17.2 Å². The molecule has 0 aliphatic carbocycles. The Morgan fingerprint density at radius 1 is 1.15 bits per heavy atom. The zero-order chi connectivity index (χ0) is 18.7. The van der Waals surface area contributed by atoms with E-state index in [-0.39, 0.29) is 30.7 Å². The molecule has 0 saturated carbocycles. The van der Waals surface area contributed by atoms with Crippen LogP contribution >= 0.6 is 11.6 Å². The fraction of sp³-hybridized carbons (Fsp3) is 0.222. The number of benzene rings is 1. The van der Waals surface area contributed by atoms with Crippen molar-refractivity contribution in [1.82, 2.24) is 4.98 Å². The summed E-state index contributed by atoms with van der Waals surface area (Å²) >= 11 is 5.77. The Morgan fingerprint density at radius 2 is 1.88 bits per heavy atom.